The van der Waals surface area contributed by atoms with Gasteiger partial charge in [0, 0.05) is 10.6 Å². The second-order valence-corrected chi connectivity index (χ2v) is 5.10. The Bertz CT molecular complexity index is 173. The lowest BCUT2D eigenvalue weighted by molar-refractivity contribution is -0.137. The summed E-state index contributed by atoms with van der Waals surface area (Å²) in [7, 11) is 0. The summed E-state index contributed by atoms with van der Waals surface area (Å²) in [5, 5.41) is 8.42. The number of carbonyl (C=O) groups is 1. The fourth-order valence-corrected chi connectivity index (χ4v) is 1.74. The molecular weight excluding hydrogens is 228 g/mol. The molecule has 1 N–H and O–H groups in total. The molecule has 0 spiro atoms. The van der Waals surface area contributed by atoms with Crippen LogP contribution >= 0.6 is 24.8 Å². The zero-order valence-electron chi connectivity index (χ0n) is 9.07. The molecule has 0 amide bonds. The number of carboxylic acid groups (broad SMARTS) is 1. The van der Waals surface area contributed by atoms with Crippen molar-refractivity contribution in [2.75, 3.05) is 0 Å². The molecule has 2 nitrogen and oxygen atoms in total. The highest BCUT2D eigenvalue weighted by Gasteiger charge is 1.96. The highest BCUT2D eigenvalue weighted by molar-refractivity contribution is 8.11. The zero-order chi connectivity index (χ0) is 11.5. The van der Waals surface area contributed by atoms with E-state index in [2.05, 4.69) is 12.6 Å². The molecule has 0 unspecified atom stereocenters. The van der Waals surface area contributed by atoms with Crippen molar-refractivity contribution in [1.29, 1.82) is 0 Å². The van der Waals surface area contributed by atoms with E-state index >= 15 is 0 Å². The Balaban J connectivity index is 2.99. The van der Waals surface area contributed by atoms with Crippen molar-refractivity contribution in [2.24, 2.45) is 0 Å². The molecule has 0 fully saturated rings. The van der Waals surface area contributed by atoms with Gasteiger partial charge in [0.25, 0.3) is 0 Å². The maximum atomic E-state index is 10.2. The van der Waals surface area contributed by atoms with Gasteiger partial charge in [0.15, 0.2) is 0 Å². The first kappa shape index (κ1) is 14.9. The highest BCUT2D eigenvalue weighted by Crippen LogP contribution is 2.10. The molecule has 0 bridgehead atoms. The molecular formula is C11H20O2S2. The highest BCUT2D eigenvalue weighted by atomic mass is 32.1. The van der Waals surface area contributed by atoms with Crippen LogP contribution < -0.4 is 0 Å². The summed E-state index contributed by atoms with van der Waals surface area (Å²) >= 11 is 8.93. The number of hydrogen-bond acceptors (Lipinski definition) is 2. The molecule has 0 aliphatic carbocycles. The number of hydrogen-bond donors (Lipinski definition) is 2. The van der Waals surface area contributed by atoms with Crippen LogP contribution in [0.4, 0.5) is 0 Å². The van der Waals surface area contributed by atoms with Gasteiger partial charge in [0.2, 0.25) is 0 Å². The number of thiol groups is 1. The normalized spacial score (nSPS) is 10.2. The smallest absolute Gasteiger partial charge is 0.303 e. The van der Waals surface area contributed by atoms with Crippen LogP contribution in [0, 0.1) is 0 Å². The summed E-state index contributed by atoms with van der Waals surface area (Å²) in [5.41, 5.74) is 0. The van der Waals surface area contributed by atoms with Gasteiger partial charge in [-0.3, -0.25) is 4.79 Å². The monoisotopic (exact) mass is 248 g/mol. The Labute approximate surface area is 103 Å². The first-order valence-corrected chi connectivity index (χ1v) is 6.42. The van der Waals surface area contributed by atoms with E-state index in [0.717, 1.165) is 36.3 Å². The lowest BCUT2D eigenvalue weighted by Crippen LogP contribution is -1.93. The van der Waals surface area contributed by atoms with E-state index in [0.29, 0.717) is 6.42 Å². The quantitative estimate of drug-likeness (QED) is 0.350. The lowest BCUT2D eigenvalue weighted by atomic mass is 10.1. The van der Waals surface area contributed by atoms with E-state index in [1.165, 1.54) is 19.3 Å². The topological polar surface area (TPSA) is 37.3 Å². The SMILES string of the molecule is O=C(O)CCCCCCCCCC(=S)S. The average Bonchev–Trinajstić information content (AvgIpc) is 2.14. The third-order valence-corrected chi connectivity index (χ3v) is 2.71. The van der Waals surface area contributed by atoms with Gasteiger partial charge in [0.05, 0.1) is 0 Å². The average molecular weight is 248 g/mol. The van der Waals surface area contributed by atoms with Gasteiger partial charge in [0.1, 0.15) is 0 Å². The van der Waals surface area contributed by atoms with E-state index in [1.54, 1.807) is 0 Å². The number of aliphatic carboxylic acids is 1. The van der Waals surface area contributed by atoms with Crippen molar-refractivity contribution in [1.82, 2.24) is 0 Å². The van der Waals surface area contributed by atoms with Crippen LogP contribution in [0.2, 0.25) is 0 Å². The number of unbranched alkanes of at least 4 members (excludes halogenated alkanes) is 6. The van der Waals surface area contributed by atoms with Crippen LogP contribution in [-0.4, -0.2) is 15.3 Å². The van der Waals surface area contributed by atoms with Crippen molar-refractivity contribution in [3.8, 4) is 0 Å². The van der Waals surface area contributed by atoms with Gasteiger partial charge in [-0.05, 0) is 19.3 Å². The molecule has 0 radical (unpaired) electrons. The zero-order valence-corrected chi connectivity index (χ0v) is 10.8. The minimum absolute atomic E-state index is 0.313. The number of thiocarbonyl (C=S) groups is 1. The fraction of sp³-hybridized carbons (Fsp3) is 0.818. The van der Waals surface area contributed by atoms with E-state index in [4.69, 9.17) is 17.3 Å². The Morgan fingerprint density at radius 1 is 0.933 bits per heavy atom. The van der Waals surface area contributed by atoms with Gasteiger partial charge in [-0.15, -0.1) is 12.6 Å². The molecule has 0 saturated carbocycles. The largest absolute Gasteiger partial charge is 0.481 e. The maximum Gasteiger partial charge on any atom is 0.303 e. The summed E-state index contributed by atoms with van der Waals surface area (Å²) in [6.45, 7) is 0. The molecule has 0 atom stereocenters. The molecule has 0 aromatic carbocycles. The van der Waals surface area contributed by atoms with Crippen LogP contribution in [0.5, 0.6) is 0 Å². The van der Waals surface area contributed by atoms with Crippen molar-refractivity contribution in [3.63, 3.8) is 0 Å². The molecule has 0 saturated heterocycles. The van der Waals surface area contributed by atoms with Crippen LogP contribution in [0.3, 0.4) is 0 Å². The van der Waals surface area contributed by atoms with E-state index in [9.17, 15) is 4.79 Å². The van der Waals surface area contributed by atoms with Crippen LogP contribution in [0.1, 0.15) is 57.8 Å². The number of rotatable bonds is 10. The molecule has 0 aliphatic heterocycles. The molecule has 0 aromatic rings. The Kier molecular flexibility index (Phi) is 10.4. The van der Waals surface area contributed by atoms with E-state index in [-0.39, 0.29) is 0 Å². The summed E-state index contributed by atoms with van der Waals surface area (Å²) in [6.07, 6.45) is 9.04. The summed E-state index contributed by atoms with van der Waals surface area (Å²) in [4.78, 5) is 10.2. The second-order valence-electron chi connectivity index (χ2n) is 3.76. The van der Waals surface area contributed by atoms with E-state index < -0.39 is 5.97 Å². The van der Waals surface area contributed by atoms with Gasteiger partial charge >= 0.3 is 5.97 Å². The number of carboxylic acids is 1. The van der Waals surface area contributed by atoms with Crippen molar-refractivity contribution < 1.29 is 9.90 Å². The summed E-state index contributed by atoms with van der Waals surface area (Å²) in [6, 6.07) is 0. The molecule has 0 aliphatic rings. The Morgan fingerprint density at radius 3 is 1.73 bits per heavy atom. The van der Waals surface area contributed by atoms with Gasteiger partial charge in [-0.25, -0.2) is 0 Å². The molecule has 0 rings (SSSR count). The van der Waals surface area contributed by atoms with Gasteiger partial charge in [-0.1, -0.05) is 44.3 Å². The van der Waals surface area contributed by atoms with Crippen molar-refractivity contribution >= 4 is 35.0 Å². The minimum atomic E-state index is -0.683. The van der Waals surface area contributed by atoms with Gasteiger partial charge < -0.3 is 5.11 Å². The standard InChI is InChI=1S/C11H20O2S2/c12-10(13)8-6-4-2-1-3-5-7-9-11(14)15/h1-9H2,(H,12,13)(H,14,15). The van der Waals surface area contributed by atoms with Crippen LogP contribution in [0.15, 0.2) is 0 Å². The fourth-order valence-electron chi connectivity index (χ4n) is 1.44. The van der Waals surface area contributed by atoms with Crippen molar-refractivity contribution in [3.05, 3.63) is 0 Å². The summed E-state index contributed by atoms with van der Waals surface area (Å²) < 4.78 is 0.802. The minimum Gasteiger partial charge on any atom is -0.481 e. The Hall–Kier alpha value is -0.0900. The van der Waals surface area contributed by atoms with Crippen LogP contribution in [0.25, 0.3) is 0 Å². The first-order valence-electron chi connectivity index (χ1n) is 5.56. The third kappa shape index (κ3) is 13.9. The predicted octanol–water partition coefficient (Wildman–Crippen LogP) is 3.84. The first-order chi connectivity index (χ1) is 7.13. The van der Waals surface area contributed by atoms with Gasteiger partial charge in [-0.2, -0.15) is 0 Å². The lowest BCUT2D eigenvalue weighted by Gasteiger charge is -2.00. The second kappa shape index (κ2) is 10.4. The molecule has 0 heterocycles. The molecule has 4 heteroatoms. The maximum absolute atomic E-state index is 10.2. The Morgan fingerprint density at radius 2 is 1.33 bits per heavy atom. The molecule has 0 aromatic heterocycles. The summed E-state index contributed by atoms with van der Waals surface area (Å²) in [5.74, 6) is -0.683. The van der Waals surface area contributed by atoms with Crippen molar-refractivity contribution in [2.45, 2.75) is 57.8 Å². The van der Waals surface area contributed by atoms with Crippen LogP contribution in [-0.2, 0) is 4.79 Å². The predicted molar refractivity (Wildman–Crippen MR) is 70.8 cm³/mol. The molecule has 15 heavy (non-hydrogen) atoms. The third-order valence-electron chi connectivity index (χ3n) is 2.28. The van der Waals surface area contributed by atoms with E-state index in [1.807, 2.05) is 0 Å². The molecule has 88 valence electrons.